The molecule has 10 heteroatoms. The molecule has 0 aliphatic rings. The van der Waals surface area contributed by atoms with E-state index >= 15 is 0 Å². The molecule has 1 amide bonds. The fourth-order valence-corrected chi connectivity index (χ4v) is 2.62. The summed E-state index contributed by atoms with van der Waals surface area (Å²) in [4.78, 5) is 22.1. The van der Waals surface area contributed by atoms with Crippen LogP contribution in [0.15, 0.2) is 48.5 Å². The summed E-state index contributed by atoms with van der Waals surface area (Å²) in [6, 6.07) is 13.1. The summed E-state index contributed by atoms with van der Waals surface area (Å²) >= 11 is 0. The Bertz CT molecular complexity index is 975. The zero-order valence-electron chi connectivity index (χ0n) is 14.6. The number of amides is 1. The second-order valence-electron chi connectivity index (χ2n) is 6.05. The number of aliphatic hydroxyl groups excluding tert-OH is 2. The van der Waals surface area contributed by atoms with Gasteiger partial charge in [0.1, 0.15) is 18.8 Å². The third-order valence-electron chi connectivity index (χ3n) is 4.11. The summed E-state index contributed by atoms with van der Waals surface area (Å²) in [6.07, 6.45) is -3.58. The van der Waals surface area contributed by atoms with Gasteiger partial charge in [-0.3, -0.25) is 15.2 Å². The second kappa shape index (κ2) is 8.46. The van der Waals surface area contributed by atoms with Gasteiger partial charge >= 0.3 is 6.09 Å². The predicted octanol–water partition coefficient (Wildman–Crippen LogP) is 1.79. The van der Waals surface area contributed by atoms with Crippen LogP contribution in [0.25, 0.3) is 10.9 Å². The molecular formula is C18H18N4O6. The van der Waals surface area contributed by atoms with Gasteiger partial charge in [0.05, 0.1) is 16.1 Å². The topological polar surface area (TPSA) is 151 Å². The van der Waals surface area contributed by atoms with E-state index in [2.05, 4.69) is 15.5 Å². The first-order valence-electron chi connectivity index (χ1n) is 8.39. The van der Waals surface area contributed by atoms with E-state index in [0.29, 0.717) is 10.9 Å². The molecule has 146 valence electrons. The molecule has 0 saturated carbocycles. The third-order valence-corrected chi connectivity index (χ3v) is 4.11. The molecule has 0 aliphatic heterocycles. The van der Waals surface area contributed by atoms with Gasteiger partial charge in [-0.05, 0) is 11.6 Å². The van der Waals surface area contributed by atoms with E-state index in [9.17, 15) is 25.1 Å². The minimum atomic E-state index is -1.44. The smallest absolute Gasteiger partial charge is 0.407 e. The number of carbonyl (C=O) groups is 1. The number of alkyl carbamates (subject to hydrolysis) is 1. The van der Waals surface area contributed by atoms with Gasteiger partial charge in [-0.25, -0.2) is 4.79 Å². The lowest BCUT2D eigenvalue weighted by molar-refractivity contribution is -0.384. The second-order valence-corrected chi connectivity index (χ2v) is 6.05. The molecule has 10 nitrogen and oxygen atoms in total. The number of nitrogens with zero attached hydrogens (tertiary/aromatic N) is 2. The Hall–Kier alpha value is -3.50. The van der Waals surface area contributed by atoms with Crippen molar-refractivity contribution in [2.75, 3.05) is 6.54 Å². The average molecular weight is 386 g/mol. The highest BCUT2D eigenvalue weighted by atomic mass is 16.6. The van der Waals surface area contributed by atoms with Crippen LogP contribution in [0.4, 0.5) is 10.5 Å². The van der Waals surface area contributed by atoms with E-state index in [1.807, 2.05) is 18.2 Å². The summed E-state index contributed by atoms with van der Waals surface area (Å²) in [7, 11) is 0. The van der Waals surface area contributed by atoms with Crippen molar-refractivity contribution in [3.05, 3.63) is 69.9 Å². The SMILES string of the molecule is O=C(NCC(O)C(O)c1[nH]nc2ccc([N+](=O)[O-])cc12)OCc1ccccc1. The van der Waals surface area contributed by atoms with Crippen LogP contribution < -0.4 is 5.32 Å². The molecule has 0 fully saturated rings. The Labute approximate surface area is 158 Å². The predicted molar refractivity (Wildman–Crippen MR) is 98.3 cm³/mol. The number of ether oxygens (including phenoxy) is 1. The molecular weight excluding hydrogens is 368 g/mol. The highest BCUT2D eigenvalue weighted by molar-refractivity contribution is 5.84. The Morgan fingerprint density at radius 2 is 2.00 bits per heavy atom. The summed E-state index contributed by atoms with van der Waals surface area (Å²) < 4.78 is 5.02. The number of aromatic nitrogens is 2. The maximum Gasteiger partial charge on any atom is 0.407 e. The van der Waals surface area contributed by atoms with Crippen molar-refractivity contribution in [2.45, 2.75) is 18.8 Å². The first kappa shape index (κ1) is 19.3. The lowest BCUT2D eigenvalue weighted by Gasteiger charge is -2.17. The van der Waals surface area contributed by atoms with Crippen LogP contribution in [0.2, 0.25) is 0 Å². The molecule has 0 spiro atoms. The van der Waals surface area contributed by atoms with Crippen molar-refractivity contribution in [1.82, 2.24) is 15.5 Å². The average Bonchev–Trinajstić information content (AvgIpc) is 3.13. The molecule has 0 aliphatic carbocycles. The molecule has 0 bridgehead atoms. The third kappa shape index (κ3) is 4.42. The Kier molecular flexibility index (Phi) is 5.82. The first-order valence-corrected chi connectivity index (χ1v) is 8.39. The summed E-state index contributed by atoms with van der Waals surface area (Å²) in [5.74, 6) is 0. The maximum absolute atomic E-state index is 11.7. The van der Waals surface area contributed by atoms with Crippen molar-refractivity contribution in [3.8, 4) is 0 Å². The summed E-state index contributed by atoms with van der Waals surface area (Å²) in [5, 5.41) is 40.6. The number of nitro groups is 1. The number of hydrogen-bond donors (Lipinski definition) is 4. The number of rotatable bonds is 7. The number of fused-ring (bicyclic) bond motifs is 1. The summed E-state index contributed by atoms with van der Waals surface area (Å²) in [6.45, 7) is -0.218. The van der Waals surface area contributed by atoms with Crippen LogP contribution in [0.3, 0.4) is 0 Å². The first-order chi connectivity index (χ1) is 13.5. The Morgan fingerprint density at radius 1 is 1.25 bits per heavy atom. The number of carbonyl (C=O) groups excluding carboxylic acids is 1. The molecule has 2 atom stereocenters. The largest absolute Gasteiger partial charge is 0.445 e. The number of hydrogen-bond acceptors (Lipinski definition) is 7. The van der Waals surface area contributed by atoms with Gasteiger partial charge < -0.3 is 20.3 Å². The minimum absolute atomic E-state index is 0.0696. The van der Waals surface area contributed by atoms with Crippen LogP contribution in [-0.4, -0.2) is 44.1 Å². The number of aromatic amines is 1. The van der Waals surface area contributed by atoms with Gasteiger partial charge in [-0.2, -0.15) is 5.10 Å². The number of non-ortho nitro benzene ring substituents is 1. The van der Waals surface area contributed by atoms with Crippen molar-refractivity contribution in [3.63, 3.8) is 0 Å². The molecule has 28 heavy (non-hydrogen) atoms. The monoisotopic (exact) mass is 386 g/mol. The molecule has 0 radical (unpaired) electrons. The quantitative estimate of drug-likeness (QED) is 0.357. The number of nitro benzene ring substituents is 1. The molecule has 2 unspecified atom stereocenters. The molecule has 1 heterocycles. The van der Waals surface area contributed by atoms with E-state index < -0.39 is 23.2 Å². The van der Waals surface area contributed by atoms with Gasteiger partial charge in [0.15, 0.2) is 0 Å². The van der Waals surface area contributed by atoms with E-state index in [0.717, 1.165) is 5.56 Å². The van der Waals surface area contributed by atoms with Gasteiger partial charge in [-0.1, -0.05) is 30.3 Å². The standard InChI is InChI=1S/C18H18N4O6/c23-15(9-19-18(25)28-10-11-4-2-1-3-5-11)17(24)16-13-8-12(22(26)27)6-7-14(13)20-21-16/h1-8,15,17,23-24H,9-10H2,(H,19,25)(H,20,21). The van der Waals surface area contributed by atoms with Gasteiger partial charge in [0, 0.05) is 24.1 Å². The zero-order chi connectivity index (χ0) is 20.1. The number of H-pyrrole nitrogens is 1. The van der Waals surface area contributed by atoms with E-state index in [1.165, 1.54) is 18.2 Å². The minimum Gasteiger partial charge on any atom is -0.445 e. The molecule has 0 saturated heterocycles. The van der Waals surface area contributed by atoms with E-state index in [1.54, 1.807) is 12.1 Å². The van der Waals surface area contributed by atoms with E-state index in [4.69, 9.17) is 4.74 Å². The lowest BCUT2D eigenvalue weighted by atomic mass is 10.1. The van der Waals surface area contributed by atoms with Crippen LogP contribution in [0.1, 0.15) is 17.4 Å². The summed E-state index contributed by atoms with van der Waals surface area (Å²) in [5.41, 5.74) is 1.16. The Morgan fingerprint density at radius 3 is 2.71 bits per heavy atom. The van der Waals surface area contributed by atoms with Crippen LogP contribution >= 0.6 is 0 Å². The number of benzene rings is 2. The number of nitrogens with one attached hydrogen (secondary N) is 2. The molecule has 3 aromatic rings. The van der Waals surface area contributed by atoms with Gasteiger partial charge in [-0.15, -0.1) is 0 Å². The van der Waals surface area contributed by atoms with Gasteiger partial charge in [0.25, 0.3) is 5.69 Å². The molecule has 3 rings (SSSR count). The van der Waals surface area contributed by atoms with Crippen molar-refractivity contribution in [2.24, 2.45) is 0 Å². The number of aliphatic hydroxyl groups is 2. The normalized spacial score (nSPS) is 13.1. The van der Waals surface area contributed by atoms with Crippen LogP contribution in [0, 0.1) is 10.1 Å². The van der Waals surface area contributed by atoms with Crippen LogP contribution in [0.5, 0.6) is 0 Å². The molecule has 2 aromatic carbocycles. The highest BCUT2D eigenvalue weighted by Gasteiger charge is 2.24. The van der Waals surface area contributed by atoms with E-state index in [-0.39, 0.29) is 24.5 Å². The molecule has 4 N–H and O–H groups in total. The highest BCUT2D eigenvalue weighted by Crippen LogP contribution is 2.27. The van der Waals surface area contributed by atoms with Gasteiger partial charge in [0.2, 0.25) is 0 Å². The fraction of sp³-hybridized carbons (Fsp3) is 0.222. The molecule has 1 aromatic heterocycles. The maximum atomic E-state index is 11.7. The zero-order valence-corrected chi connectivity index (χ0v) is 14.6. The van der Waals surface area contributed by atoms with Crippen molar-refractivity contribution < 1.29 is 24.7 Å². The lowest BCUT2D eigenvalue weighted by Crippen LogP contribution is -2.36. The van der Waals surface area contributed by atoms with Crippen molar-refractivity contribution in [1.29, 1.82) is 0 Å². The fourth-order valence-electron chi connectivity index (χ4n) is 2.62. The Balaban J connectivity index is 1.59. The van der Waals surface area contributed by atoms with Crippen LogP contribution in [-0.2, 0) is 11.3 Å². The van der Waals surface area contributed by atoms with Crippen molar-refractivity contribution >= 4 is 22.7 Å².